The number of nitrogen functional groups attached to an aromatic ring is 1. The van der Waals surface area contributed by atoms with E-state index in [0.717, 1.165) is 23.7 Å². The first-order valence-electron chi connectivity index (χ1n) is 6.55. The predicted molar refractivity (Wildman–Crippen MR) is 81.7 cm³/mol. The molecule has 3 nitrogen and oxygen atoms in total. The minimum Gasteiger partial charge on any atom is -0.398 e. The van der Waals surface area contributed by atoms with Crippen LogP contribution >= 0.6 is 15.9 Å². The molecule has 0 heterocycles. The first-order valence-corrected chi connectivity index (χ1v) is 7.34. The van der Waals surface area contributed by atoms with Crippen LogP contribution in [0.15, 0.2) is 18.2 Å². The van der Waals surface area contributed by atoms with Gasteiger partial charge in [0.1, 0.15) is 4.62 Å². The zero-order valence-electron chi connectivity index (χ0n) is 10.5. The Kier molecular flexibility index (Phi) is 4.64. The maximum atomic E-state index is 7.74. The Morgan fingerprint density at radius 1 is 1.33 bits per heavy atom. The molecule has 18 heavy (non-hydrogen) atoms. The summed E-state index contributed by atoms with van der Waals surface area (Å²) in [6, 6.07) is 5.75. The van der Waals surface area contributed by atoms with Crippen molar-refractivity contribution in [1.29, 1.82) is 5.41 Å². The van der Waals surface area contributed by atoms with Gasteiger partial charge >= 0.3 is 0 Å². The molecule has 0 radical (unpaired) electrons. The van der Waals surface area contributed by atoms with Crippen LogP contribution in [0.5, 0.6) is 0 Å². The number of halogens is 1. The predicted octanol–water partition coefficient (Wildman–Crippen LogP) is 3.98. The molecule has 0 spiro atoms. The van der Waals surface area contributed by atoms with Crippen LogP contribution in [0.2, 0.25) is 0 Å². The molecule has 1 aliphatic carbocycles. The van der Waals surface area contributed by atoms with Gasteiger partial charge in [0.05, 0.1) is 5.56 Å². The zero-order chi connectivity index (χ0) is 13.0. The van der Waals surface area contributed by atoms with Gasteiger partial charge in [-0.2, -0.15) is 0 Å². The molecule has 2 rings (SSSR count). The molecular formula is C14H20BrN3. The maximum absolute atomic E-state index is 7.74. The summed E-state index contributed by atoms with van der Waals surface area (Å²) in [6.45, 7) is 0.983. The van der Waals surface area contributed by atoms with Gasteiger partial charge in [-0.3, -0.25) is 5.41 Å². The van der Waals surface area contributed by atoms with Gasteiger partial charge in [-0.05, 0) is 46.8 Å². The molecule has 0 amide bonds. The van der Waals surface area contributed by atoms with Crippen LogP contribution in [0.3, 0.4) is 0 Å². The summed E-state index contributed by atoms with van der Waals surface area (Å²) in [7, 11) is 0. The molecule has 0 atom stereocenters. The summed E-state index contributed by atoms with van der Waals surface area (Å²) in [5.41, 5.74) is 8.30. The van der Waals surface area contributed by atoms with E-state index in [1.54, 1.807) is 0 Å². The van der Waals surface area contributed by atoms with Gasteiger partial charge in [0.2, 0.25) is 0 Å². The van der Waals surface area contributed by atoms with E-state index in [0.29, 0.717) is 10.3 Å². The van der Waals surface area contributed by atoms with Crippen LogP contribution in [-0.4, -0.2) is 11.2 Å². The Labute approximate surface area is 117 Å². The van der Waals surface area contributed by atoms with Crippen molar-refractivity contribution in [1.82, 2.24) is 0 Å². The molecule has 1 aromatic rings. The number of hydrogen-bond acceptors (Lipinski definition) is 3. The van der Waals surface area contributed by atoms with Crippen molar-refractivity contribution in [3.63, 3.8) is 0 Å². The van der Waals surface area contributed by atoms with Gasteiger partial charge in [-0.15, -0.1) is 0 Å². The number of nitrogens with two attached hydrogens (primary N) is 1. The lowest BCUT2D eigenvalue weighted by Crippen LogP contribution is -2.18. The third kappa shape index (κ3) is 3.25. The standard InChI is InChI=1S/C14H20BrN3/c15-14(17)13-11(16)7-4-8-12(13)18-9-10-5-2-1-3-6-10/h4,7-8,10,17-18H,1-3,5-6,9,16H2. The Morgan fingerprint density at radius 2 is 2.06 bits per heavy atom. The third-order valence-electron chi connectivity index (χ3n) is 3.62. The summed E-state index contributed by atoms with van der Waals surface area (Å²) in [4.78, 5) is 0. The Bertz CT molecular complexity index is 425. The number of benzene rings is 1. The highest BCUT2D eigenvalue weighted by Crippen LogP contribution is 2.27. The van der Waals surface area contributed by atoms with Crippen molar-refractivity contribution >= 4 is 31.9 Å². The van der Waals surface area contributed by atoms with Crippen molar-refractivity contribution < 1.29 is 0 Å². The van der Waals surface area contributed by atoms with Crippen LogP contribution in [-0.2, 0) is 0 Å². The van der Waals surface area contributed by atoms with E-state index in [4.69, 9.17) is 11.1 Å². The molecule has 0 bridgehead atoms. The summed E-state index contributed by atoms with van der Waals surface area (Å²) in [5, 5.41) is 11.2. The lowest BCUT2D eigenvalue weighted by molar-refractivity contribution is 0.373. The Hall–Kier alpha value is -1.03. The minimum atomic E-state index is 0.340. The number of anilines is 2. The molecular weight excluding hydrogens is 290 g/mol. The van der Waals surface area contributed by atoms with Gasteiger partial charge in [0.25, 0.3) is 0 Å². The molecule has 4 heteroatoms. The molecule has 98 valence electrons. The van der Waals surface area contributed by atoms with E-state index in [1.165, 1.54) is 32.1 Å². The normalized spacial score (nSPS) is 16.5. The SMILES string of the molecule is N=C(Br)c1c(N)cccc1NCC1CCCCC1. The highest BCUT2D eigenvalue weighted by atomic mass is 79.9. The molecule has 4 N–H and O–H groups in total. The van der Waals surface area contributed by atoms with Crippen molar-refractivity contribution in [2.24, 2.45) is 5.92 Å². The lowest BCUT2D eigenvalue weighted by Gasteiger charge is -2.23. The van der Waals surface area contributed by atoms with Crippen LogP contribution in [0.4, 0.5) is 11.4 Å². The summed E-state index contributed by atoms with van der Waals surface area (Å²) in [5.74, 6) is 0.762. The Morgan fingerprint density at radius 3 is 2.72 bits per heavy atom. The van der Waals surface area contributed by atoms with Gasteiger partial charge in [-0.25, -0.2) is 0 Å². The molecule has 1 fully saturated rings. The molecule has 0 aliphatic heterocycles. The molecule has 1 aliphatic rings. The number of rotatable bonds is 4. The second kappa shape index (κ2) is 6.23. The van der Waals surface area contributed by atoms with Crippen molar-refractivity contribution in [3.05, 3.63) is 23.8 Å². The molecule has 0 saturated heterocycles. The van der Waals surface area contributed by atoms with E-state index in [1.807, 2.05) is 18.2 Å². The van der Waals surface area contributed by atoms with E-state index >= 15 is 0 Å². The van der Waals surface area contributed by atoms with Gasteiger partial charge in [0.15, 0.2) is 0 Å². The zero-order valence-corrected chi connectivity index (χ0v) is 12.1. The average molecular weight is 310 g/mol. The molecule has 1 saturated carbocycles. The summed E-state index contributed by atoms with van der Waals surface area (Å²) in [6.07, 6.45) is 6.72. The number of nitrogens with one attached hydrogen (secondary N) is 2. The fraction of sp³-hybridized carbons (Fsp3) is 0.500. The smallest absolute Gasteiger partial charge is 0.108 e. The fourth-order valence-corrected chi connectivity index (χ4v) is 3.05. The van der Waals surface area contributed by atoms with Crippen LogP contribution in [0, 0.1) is 11.3 Å². The van der Waals surface area contributed by atoms with Crippen LogP contribution < -0.4 is 11.1 Å². The first-order chi connectivity index (χ1) is 8.68. The lowest BCUT2D eigenvalue weighted by atomic mass is 9.89. The van der Waals surface area contributed by atoms with Crippen LogP contribution in [0.1, 0.15) is 37.7 Å². The third-order valence-corrected chi connectivity index (χ3v) is 4.02. The molecule has 0 aromatic heterocycles. The summed E-state index contributed by atoms with van der Waals surface area (Å²) >= 11 is 3.21. The second-order valence-electron chi connectivity index (χ2n) is 4.97. The van der Waals surface area contributed by atoms with E-state index in [-0.39, 0.29) is 0 Å². The largest absolute Gasteiger partial charge is 0.398 e. The summed E-state index contributed by atoms with van der Waals surface area (Å²) < 4.78 is 0.340. The average Bonchev–Trinajstić information content (AvgIpc) is 2.37. The first kappa shape index (κ1) is 13.4. The van der Waals surface area contributed by atoms with E-state index in [2.05, 4.69) is 21.2 Å². The second-order valence-corrected chi connectivity index (χ2v) is 5.76. The minimum absolute atomic E-state index is 0.340. The van der Waals surface area contributed by atoms with Crippen molar-refractivity contribution in [2.75, 3.05) is 17.6 Å². The quantitative estimate of drug-likeness (QED) is 0.582. The van der Waals surface area contributed by atoms with E-state index < -0.39 is 0 Å². The van der Waals surface area contributed by atoms with Crippen molar-refractivity contribution in [2.45, 2.75) is 32.1 Å². The van der Waals surface area contributed by atoms with Gasteiger partial charge in [-0.1, -0.05) is 25.3 Å². The monoisotopic (exact) mass is 309 g/mol. The van der Waals surface area contributed by atoms with Crippen LogP contribution in [0.25, 0.3) is 0 Å². The van der Waals surface area contributed by atoms with Crippen molar-refractivity contribution in [3.8, 4) is 0 Å². The fourth-order valence-electron chi connectivity index (χ4n) is 2.61. The van der Waals surface area contributed by atoms with Gasteiger partial charge < -0.3 is 11.1 Å². The highest BCUT2D eigenvalue weighted by molar-refractivity contribution is 9.18. The van der Waals surface area contributed by atoms with E-state index in [9.17, 15) is 0 Å². The molecule has 1 aromatic carbocycles. The van der Waals surface area contributed by atoms with Gasteiger partial charge in [0, 0.05) is 17.9 Å². The molecule has 0 unspecified atom stereocenters. The maximum Gasteiger partial charge on any atom is 0.108 e. The topological polar surface area (TPSA) is 61.9 Å². The number of hydrogen-bond donors (Lipinski definition) is 3. The highest BCUT2D eigenvalue weighted by Gasteiger charge is 2.15. The Balaban J connectivity index is 2.04.